The first-order valence-electron chi connectivity index (χ1n) is 6.17. The van der Waals surface area contributed by atoms with E-state index in [1.807, 2.05) is 0 Å². The van der Waals surface area contributed by atoms with E-state index in [1.165, 1.54) is 19.3 Å². The fraction of sp³-hybridized carbons (Fsp3) is 1.00. The van der Waals surface area contributed by atoms with Crippen molar-refractivity contribution in [2.75, 3.05) is 16.7 Å². The number of unbranched alkanes of at least 4 members (excludes halogenated alkanes) is 1. The molecule has 1 saturated carbocycles. The van der Waals surface area contributed by atoms with E-state index in [-0.39, 0.29) is 0 Å². The molecule has 16 heavy (non-hydrogen) atoms. The second kappa shape index (κ2) is 7.87. The van der Waals surface area contributed by atoms with Crippen molar-refractivity contribution in [2.24, 2.45) is 5.92 Å². The van der Waals surface area contributed by atoms with Crippen LogP contribution in [0.2, 0.25) is 0 Å². The Bertz CT molecular complexity index is 274. The molecule has 0 aromatic carbocycles. The Morgan fingerprint density at radius 1 is 1.12 bits per heavy atom. The Hall–Kier alpha value is 0.640. The zero-order valence-corrected chi connectivity index (χ0v) is 12.7. The van der Waals surface area contributed by atoms with E-state index in [9.17, 15) is 8.42 Å². The molecule has 0 aromatic rings. The van der Waals surface area contributed by atoms with Crippen molar-refractivity contribution < 1.29 is 8.42 Å². The molecule has 1 fully saturated rings. The zero-order chi connectivity index (χ0) is 11.9. The summed E-state index contributed by atoms with van der Waals surface area (Å²) in [5.74, 6) is 0.743. The second-order valence-corrected chi connectivity index (χ2v) is 7.51. The average molecular weight is 359 g/mol. The number of sulfonamides is 1. The maximum absolute atomic E-state index is 11.7. The lowest BCUT2D eigenvalue weighted by Crippen LogP contribution is -2.31. The predicted molar refractivity (Wildman–Crippen MR) is 76.5 cm³/mol. The lowest BCUT2D eigenvalue weighted by Gasteiger charge is -2.21. The van der Waals surface area contributed by atoms with E-state index in [0.717, 1.165) is 30.1 Å². The molecule has 0 aromatic heterocycles. The summed E-state index contributed by atoms with van der Waals surface area (Å²) in [6.07, 6.45) is 7.91. The van der Waals surface area contributed by atoms with Crippen LogP contribution in [0.1, 0.15) is 44.9 Å². The summed E-state index contributed by atoms with van der Waals surface area (Å²) in [6, 6.07) is 0. The Balaban J connectivity index is 2.22. The van der Waals surface area contributed by atoms with Gasteiger partial charge in [0.25, 0.3) is 0 Å². The number of halogens is 1. The van der Waals surface area contributed by atoms with E-state index in [1.54, 1.807) is 0 Å². The fourth-order valence-electron chi connectivity index (χ4n) is 2.17. The van der Waals surface area contributed by atoms with Gasteiger partial charge in [0.1, 0.15) is 0 Å². The second-order valence-electron chi connectivity index (χ2n) is 4.58. The van der Waals surface area contributed by atoms with Gasteiger partial charge in [0.2, 0.25) is 10.0 Å². The number of hydrogen-bond acceptors (Lipinski definition) is 2. The highest BCUT2D eigenvalue weighted by Crippen LogP contribution is 2.24. The first kappa shape index (κ1) is 14.7. The summed E-state index contributed by atoms with van der Waals surface area (Å²) in [4.78, 5) is 0. The van der Waals surface area contributed by atoms with E-state index in [0.29, 0.717) is 18.2 Å². The van der Waals surface area contributed by atoms with E-state index in [2.05, 4.69) is 27.3 Å². The van der Waals surface area contributed by atoms with Crippen molar-refractivity contribution in [1.82, 2.24) is 4.72 Å². The first-order valence-corrected chi connectivity index (χ1v) is 9.35. The van der Waals surface area contributed by atoms with Crippen molar-refractivity contribution in [3.63, 3.8) is 0 Å². The van der Waals surface area contributed by atoms with Crippen LogP contribution in [0.25, 0.3) is 0 Å². The monoisotopic (exact) mass is 359 g/mol. The van der Waals surface area contributed by atoms with Gasteiger partial charge in [0.05, 0.1) is 5.75 Å². The first-order chi connectivity index (χ1) is 7.64. The minimum Gasteiger partial charge on any atom is -0.215 e. The van der Waals surface area contributed by atoms with Crippen LogP contribution in [0.5, 0.6) is 0 Å². The lowest BCUT2D eigenvalue weighted by molar-refractivity contribution is 0.384. The Kier molecular flexibility index (Phi) is 7.23. The summed E-state index contributed by atoms with van der Waals surface area (Å²) < 4.78 is 27.3. The molecule has 5 heteroatoms. The minimum absolute atomic E-state index is 0.344. The summed E-state index contributed by atoms with van der Waals surface area (Å²) in [6.45, 7) is 0.609. The van der Waals surface area contributed by atoms with Gasteiger partial charge < -0.3 is 0 Å². The predicted octanol–water partition coefficient (Wildman–Crippen LogP) is 2.70. The molecule has 0 amide bonds. The van der Waals surface area contributed by atoms with Crippen LogP contribution in [0.4, 0.5) is 0 Å². The van der Waals surface area contributed by atoms with Gasteiger partial charge in [-0.25, -0.2) is 13.1 Å². The van der Waals surface area contributed by atoms with Gasteiger partial charge in [-0.2, -0.15) is 0 Å². The van der Waals surface area contributed by atoms with Gasteiger partial charge in [0, 0.05) is 6.54 Å². The van der Waals surface area contributed by atoms with Crippen molar-refractivity contribution in [3.8, 4) is 0 Å². The number of rotatable bonds is 7. The highest BCUT2D eigenvalue weighted by Gasteiger charge is 2.20. The molecule has 3 nitrogen and oxygen atoms in total. The van der Waals surface area contributed by atoms with Gasteiger partial charge in [-0.05, 0) is 36.0 Å². The SMILES string of the molecule is O=S(=O)(CC1CCCCC1)NCCCCI. The average Bonchev–Trinajstić information content (AvgIpc) is 2.25. The maximum atomic E-state index is 11.7. The van der Waals surface area contributed by atoms with E-state index in [4.69, 9.17) is 0 Å². The standard InChI is InChI=1S/C11H22INO2S/c12-8-4-5-9-13-16(14,15)10-11-6-2-1-3-7-11/h11,13H,1-10H2. The minimum atomic E-state index is -3.01. The molecule has 0 bridgehead atoms. The fourth-order valence-corrected chi connectivity index (χ4v) is 4.24. The molecule has 1 N–H and O–H groups in total. The molecule has 96 valence electrons. The molecule has 0 spiro atoms. The van der Waals surface area contributed by atoms with Gasteiger partial charge in [0.15, 0.2) is 0 Å². The van der Waals surface area contributed by atoms with Crippen molar-refractivity contribution >= 4 is 32.6 Å². The molecular weight excluding hydrogens is 337 g/mol. The van der Waals surface area contributed by atoms with Crippen molar-refractivity contribution in [1.29, 1.82) is 0 Å². The molecule has 0 heterocycles. The topological polar surface area (TPSA) is 46.2 Å². The molecule has 0 atom stereocenters. The molecule has 1 aliphatic carbocycles. The summed E-state index contributed by atoms with van der Waals surface area (Å²) in [5, 5.41) is 0. The van der Waals surface area contributed by atoms with Crippen molar-refractivity contribution in [3.05, 3.63) is 0 Å². The summed E-state index contributed by atoms with van der Waals surface area (Å²) in [5.41, 5.74) is 0. The van der Waals surface area contributed by atoms with Crippen LogP contribution < -0.4 is 4.72 Å². The molecular formula is C11H22INO2S. The highest BCUT2D eigenvalue weighted by atomic mass is 127. The van der Waals surface area contributed by atoms with Crippen LogP contribution in [0.3, 0.4) is 0 Å². The van der Waals surface area contributed by atoms with Gasteiger partial charge in [-0.3, -0.25) is 0 Å². The van der Waals surface area contributed by atoms with Crippen LogP contribution >= 0.6 is 22.6 Å². The summed E-state index contributed by atoms with van der Waals surface area (Å²) >= 11 is 2.32. The van der Waals surface area contributed by atoms with Crippen LogP contribution in [0.15, 0.2) is 0 Å². The molecule has 0 aliphatic heterocycles. The third kappa shape index (κ3) is 6.39. The number of alkyl halides is 1. The van der Waals surface area contributed by atoms with Crippen LogP contribution in [-0.2, 0) is 10.0 Å². The van der Waals surface area contributed by atoms with Gasteiger partial charge in [-0.1, -0.05) is 41.9 Å². The third-order valence-electron chi connectivity index (χ3n) is 3.06. The Morgan fingerprint density at radius 2 is 1.81 bits per heavy atom. The number of nitrogens with one attached hydrogen (secondary N) is 1. The normalized spacial score (nSPS) is 18.8. The molecule has 0 radical (unpaired) electrons. The van der Waals surface area contributed by atoms with Gasteiger partial charge >= 0.3 is 0 Å². The maximum Gasteiger partial charge on any atom is 0.211 e. The highest BCUT2D eigenvalue weighted by molar-refractivity contribution is 14.1. The van der Waals surface area contributed by atoms with E-state index >= 15 is 0 Å². The quantitative estimate of drug-likeness (QED) is 0.432. The summed E-state index contributed by atoms with van der Waals surface area (Å²) in [7, 11) is -3.01. The largest absolute Gasteiger partial charge is 0.215 e. The Morgan fingerprint density at radius 3 is 2.44 bits per heavy atom. The number of hydrogen-bond donors (Lipinski definition) is 1. The molecule has 0 saturated heterocycles. The van der Waals surface area contributed by atoms with Crippen molar-refractivity contribution in [2.45, 2.75) is 44.9 Å². The third-order valence-corrected chi connectivity index (χ3v) is 5.38. The molecule has 0 unspecified atom stereocenters. The molecule has 1 rings (SSSR count). The zero-order valence-electron chi connectivity index (χ0n) is 9.75. The molecule has 1 aliphatic rings. The van der Waals surface area contributed by atoms with Crippen LogP contribution in [-0.4, -0.2) is 25.1 Å². The van der Waals surface area contributed by atoms with Crippen LogP contribution in [0, 0.1) is 5.92 Å². The van der Waals surface area contributed by atoms with E-state index < -0.39 is 10.0 Å². The van der Waals surface area contributed by atoms with Gasteiger partial charge in [-0.15, -0.1) is 0 Å². The Labute approximate surface area is 113 Å². The lowest BCUT2D eigenvalue weighted by atomic mass is 9.91. The smallest absolute Gasteiger partial charge is 0.211 e.